The first-order chi connectivity index (χ1) is 13.0. The summed E-state index contributed by atoms with van der Waals surface area (Å²) in [5, 5.41) is 0. The first-order valence-corrected chi connectivity index (χ1v) is 9.82. The van der Waals surface area contributed by atoms with E-state index in [0.29, 0.717) is 13.0 Å². The number of carbonyl (C=O) groups excluding carboxylic acids is 1. The molecule has 4 heteroatoms. The van der Waals surface area contributed by atoms with Crippen molar-refractivity contribution in [1.82, 2.24) is 9.80 Å². The summed E-state index contributed by atoms with van der Waals surface area (Å²) >= 11 is 0. The zero-order chi connectivity index (χ0) is 18.9. The number of likely N-dealkylation sites (N-methyl/N-ethyl adjacent to an activating group) is 1. The number of amides is 1. The minimum Gasteiger partial charge on any atom is -0.484 e. The van der Waals surface area contributed by atoms with Crippen molar-refractivity contribution in [2.24, 2.45) is 0 Å². The molecule has 1 spiro atoms. The molecule has 0 N–H and O–H groups in total. The molecule has 2 aromatic carbocycles. The Labute approximate surface area is 161 Å². The molecule has 1 saturated heterocycles. The van der Waals surface area contributed by atoms with Crippen molar-refractivity contribution in [2.45, 2.75) is 38.3 Å². The molecule has 2 aliphatic rings. The van der Waals surface area contributed by atoms with E-state index in [0.717, 1.165) is 43.8 Å². The monoisotopic (exact) mass is 364 g/mol. The number of benzene rings is 2. The quantitative estimate of drug-likeness (QED) is 0.819. The molecule has 1 atom stereocenters. The fourth-order valence-corrected chi connectivity index (χ4v) is 4.44. The average Bonchev–Trinajstić information content (AvgIpc) is 2.77. The van der Waals surface area contributed by atoms with Crippen LogP contribution in [0, 0.1) is 6.92 Å². The van der Waals surface area contributed by atoms with Crippen LogP contribution in [0.1, 0.15) is 29.5 Å². The number of fused-ring (bicyclic) bond motifs is 1. The molecule has 0 unspecified atom stereocenters. The van der Waals surface area contributed by atoms with Crippen molar-refractivity contribution in [3.05, 3.63) is 65.2 Å². The summed E-state index contributed by atoms with van der Waals surface area (Å²) in [7, 11) is 2.15. The van der Waals surface area contributed by atoms with Crippen molar-refractivity contribution < 1.29 is 9.53 Å². The lowest BCUT2D eigenvalue weighted by Gasteiger charge is -2.43. The molecule has 142 valence electrons. The average molecular weight is 364 g/mol. The summed E-state index contributed by atoms with van der Waals surface area (Å²) < 4.78 is 6.61. The molecule has 0 bridgehead atoms. The molecular weight excluding hydrogens is 336 g/mol. The summed E-state index contributed by atoms with van der Waals surface area (Å²) in [5.74, 6) is 1.17. The van der Waals surface area contributed by atoms with Crippen molar-refractivity contribution >= 4 is 5.91 Å². The van der Waals surface area contributed by atoms with Gasteiger partial charge in [0, 0.05) is 25.2 Å². The van der Waals surface area contributed by atoms with E-state index < -0.39 is 0 Å². The van der Waals surface area contributed by atoms with Gasteiger partial charge in [-0.2, -0.15) is 0 Å². The van der Waals surface area contributed by atoms with Crippen molar-refractivity contribution in [3.8, 4) is 5.75 Å². The molecule has 2 aromatic rings. The van der Waals surface area contributed by atoms with Crippen LogP contribution in [0.2, 0.25) is 0 Å². The lowest BCUT2D eigenvalue weighted by molar-refractivity contribution is -0.136. The SMILES string of the molecule is Cc1ccc2c(c1)CN(C)C[C@]1(CCCN(C(=O)Cc3ccccc3)C1)O2. The zero-order valence-corrected chi connectivity index (χ0v) is 16.3. The number of rotatable bonds is 2. The van der Waals surface area contributed by atoms with Gasteiger partial charge in [0.05, 0.1) is 13.0 Å². The Morgan fingerprint density at radius 1 is 1.15 bits per heavy atom. The minimum absolute atomic E-state index is 0.194. The van der Waals surface area contributed by atoms with Crippen LogP contribution in [0.15, 0.2) is 48.5 Å². The van der Waals surface area contributed by atoms with Gasteiger partial charge in [0.2, 0.25) is 5.91 Å². The largest absolute Gasteiger partial charge is 0.484 e. The fourth-order valence-electron chi connectivity index (χ4n) is 4.44. The van der Waals surface area contributed by atoms with Gasteiger partial charge in [-0.3, -0.25) is 9.69 Å². The number of piperidine rings is 1. The molecule has 1 fully saturated rings. The Morgan fingerprint density at radius 3 is 2.78 bits per heavy atom. The standard InChI is InChI=1S/C23H28N2O2/c1-18-9-10-21-20(13-18)15-24(2)16-23(27-21)11-6-12-25(17-23)22(26)14-19-7-4-3-5-8-19/h3-5,7-10,13H,6,11-12,14-17H2,1-2H3/t23-/m0/s1. The molecular formula is C23H28N2O2. The van der Waals surface area contributed by atoms with Gasteiger partial charge in [-0.15, -0.1) is 0 Å². The Balaban J connectivity index is 1.54. The maximum atomic E-state index is 12.9. The van der Waals surface area contributed by atoms with Crippen LogP contribution in [-0.2, 0) is 17.8 Å². The van der Waals surface area contributed by atoms with Gasteiger partial charge in [-0.25, -0.2) is 0 Å². The van der Waals surface area contributed by atoms with E-state index in [1.165, 1.54) is 11.1 Å². The van der Waals surface area contributed by atoms with Gasteiger partial charge in [0.1, 0.15) is 11.4 Å². The van der Waals surface area contributed by atoms with Crippen LogP contribution < -0.4 is 4.74 Å². The Hall–Kier alpha value is -2.33. The van der Waals surface area contributed by atoms with Gasteiger partial charge >= 0.3 is 0 Å². The highest BCUT2D eigenvalue weighted by Crippen LogP contribution is 2.34. The highest BCUT2D eigenvalue weighted by Gasteiger charge is 2.42. The van der Waals surface area contributed by atoms with E-state index >= 15 is 0 Å². The summed E-state index contributed by atoms with van der Waals surface area (Å²) in [4.78, 5) is 17.2. The summed E-state index contributed by atoms with van der Waals surface area (Å²) in [5.41, 5.74) is 3.24. The maximum absolute atomic E-state index is 12.9. The van der Waals surface area contributed by atoms with E-state index in [1.807, 2.05) is 35.2 Å². The minimum atomic E-state index is -0.320. The van der Waals surface area contributed by atoms with Crippen molar-refractivity contribution in [1.29, 1.82) is 0 Å². The number of nitrogens with zero attached hydrogens (tertiary/aromatic N) is 2. The van der Waals surface area contributed by atoms with Crippen molar-refractivity contribution in [2.75, 3.05) is 26.7 Å². The van der Waals surface area contributed by atoms with Gasteiger partial charge in [0.15, 0.2) is 0 Å². The molecule has 4 nitrogen and oxygen atoms in total. The summed E-state index contributed by atoms with van der Waals surface area (Å²) in [6.45, 7) is 5.33. The third kappa shape index (κ3) is 4.01. The second-order valence-corrected chi connectivity index (χ2v) is 8.15. The third-order valence-electron chi connectivity index (χ3n) is 5.63. The van der Waals surface area contributed by atoms with Crippen LogP contribution in [0.25, 0.3) is 0 Å². The zero-order valence-electron chi connectivity index (χ0n) is 16.3. The third-order valence-corrected chi connectivity index (χ3v) is 5.63. The number of likely N-dealkylation sites (tertiary alicyclic amines) is 1. The summed E-state index contributed by atoms with van der Waals surface area (Å²) in [6.07, 6.45) is 2.43. The van der Waals surface area contributed by atoms with Crippen LogP contribution in [0.3, 0.4) is 0 Å². The predicted octanol–water partition coefficient (Wildman–Crippen LogP) is 3.42. The summed E-state index contributed by atoms with van der Waals surface area (Å²) in [6, 6.07) is 16.4. The number of ether oxygens (including phenoxy) is 1. The van der Waals surface area contributed by atoms with Crippen LogP contribution in [-0.4, -0.2) is 48.0 Å². The Kier molecular flexibility index (Phi) is 4.92. The van der Waals surface area contributed by atoms with Crippen molar-refractivity contribution in [3.63, 3.8) is 0 Å². The van der Waals surface area contributed by atoms with Gasteiger partial charge in [-0.05, 0) is 38.4 Å². The molecule has 4 rings (SSSR count). The van der Waals surface area contributed by atoms with Crippen LogP contribution >= 0.6 is 0 Å². The van der Waals surface area contributed by atoms with Crippen LogP contribution in [0.5, 0.6) is 5.75 Å². The highest BCUT2D eigenvalue weighted by atomic mass is 16.5. The topological polar surface area (TPSA) is 32.8 Å². The Morgan fingerprint density at radius 2 is 1.96 bits per heavy atom. The fraction of sp³-hybridized carbons (Fsp3) is 0.435. The number of hydrogen-bond acceptors (Lipinski definition) is 3. The van der Waals surface area contributed by atoms with Gasteiger partial charge in [0.25, 0.3) is 0 Å². The number of carbonyl (C=O) groups is 1. The molecule has 2 heterocycles. The first kappa shape index (κ1) is 18.1. The van der Waals surface area contributed by atoms with Gasteiger partial charge < -0.3 is 9.64 Å². The smallest absolute Gasteiger partial charge is 0.227 e. The highest BCUT2D eigenvalue weighted by molar-refractivity contribution is 5.79. The number of hydrogen-bond donors (Lipinski definition) is 0. The molecule has 2 aliphatic heterocycles. The van der Waals surface area contributed by atoms with E-state index in [9.17, 15) is 4.79 Å². The Bertz CT molecular complexity index is 820. The first-order valence-electron chi connectivity index (χ1n) is 9.82. The van der Waals surface area contributed by atoms with E-state index in [1.54, 1.807) is 0 Å². The molecule has 1 amide bonds. The molecule has 27 heavy (non-hydrogen) atoms. The lowest BCUT2D eigenvalue weighted by Crippen LogP contribution is -2.57. The maximum Gasteiger partial charge on any atom is 0.227 e. The molecule has 0 aromatic heterocycles. The van der Waals surface area contributed by atoms with Gasteiger partial charge in [-0.1, -0.05) is 48.0 Å². The van der Waals surface area contributed by atoms with E-state index in [-0.39, 0.29) is 11.5 Å². The second-order valence-electron chi connectivity index (χ2n) is 8.15. The molecule has 0 saturated carbocycles. The van der Waals surface area contributed by atoms with Crippen LogP contribution in [0.4, 0.5) is 0 Å². The lowest BCUT2D eigenvalue weighted by atomic mass is 9.91. The normalized spacial score (nSPS) is 22.8. The molecule has 0 radical (unpaired) electrons. The second kappa shape index (κ2) is 7.35. The predicted molar refractivity (Wildman–Crippen MR) is 107 cm³/mol. The number of aryl methyl sites for hydroxylation is 1. The van der Waals surface area contributed by atoms with E-state index in [2.05, 4.69) is 37.1 Å². The van der Waals surface area contributed by atoms with E-state index in [4.69, 9.17) is 4.74 Å². The molecule has 0 aliphatic carbocycles.